The number of aromatic hydroxyl groups is 1. The molecule has 0 saturated heterocycles. The van der Waals surface area contributed by atoms with Gasteiger partial charge >= 0.3 is 0 Å². The van der Waals surface area contributed by atoms with Gasteiger partial charge in [0, 0.05) is 18.3 Å². The van der Waals surface area contributed by atoms with Crippen molar-refractivity contribution in [1.82, 2.24) is 0 Å². The molecular weight excluding hydrogens is 188 g/mol. The third kappa shape index (κ3) is 4.70. The van der Waals surface area contributed by atoms with Gasteiger partial charge < -0.3 is 16.2 Å². The minimum atomic E-state index is 0.207. The molecule has 15 heavy (non-hydrogen) atoms. The van der Waals surface area contributed by atoms with Gasteiger partial charge in [0.05, 0.1) is 0 Å². The van der Waals surface area contributed by atoms with E-state index in [9.17, 15) is 0 Å². The molecule has 0 radical (unpaired) electrons. The number of unbranched alkanes of at least 4 members (excludes halogenated alkanes) is 1. The van der Waals surface area contributed by atoms with Crippen molar-refractivity contribution < 1.29 is 5.11 Å². The molecule has 0 amide bonds. The Hall–Kier alpha value is -1.22. The Balaban J connectivity index is 2.27. The molecule has 1 aromatic carbocycles. The largest absolute Gasteiger partial charge is 0.508 e. The van der Waals surface area contributed by atoms with Crippen LogP contribution in [0.5, 0.6) is 5.75 Å². The molecule has 1 atom stereocenters. The molecule has 0 heterocycles. The van der Waals surface area contributed by atoms with Crippen LogP contribution in [0.2, 0.25) is 0 Å². The van der Waals surface area contributed by atoms with Crippen molar-refractivity contribution in [2.24, 2.45) is 5.73 Å². The van der Waals surface area contributed by atoms with E-state index in [-0.39, 0.29) is 11.8 Å². The highest BCUT2D eigenvalue weighted by molar-refractivity contribution is 5.45. The summed E-state index contributed by atoms with van der Waals surface area (Å²) in [5.74, 6) is 0.288. The number of hydrogen-bond acceptors (Lipinski definition) is 3. The zero-order valence-corrected chi connectivity index (χ0v) is 9.24. The Morgan fingerprint density at radius 2 is 2.00 bits per heavy atom. The van der Waals surface area contributed by atoms with Gasteiger partial charge in [-0.05, 0) is 30.7 Å². The van der Waals surface area contributed by atoms with Crippen molar-refractivity contribution in [3.05, 3.63) is 24.3 Å². The third-order valence-electron chi connectivity index (χ3n) is 2.36. The molecule has 0 spiro atoms. The van der Waals surface area contributed by atoms with Gasteiger partial charge in [0.1, 0.15) is 5.75 Å². The number of benzene rings is 1. The maximum absolute atomic E-state index is 9.10. The van der Waals surface area contributed by atoms with E-state index in [4.69, 9.17) is 10.8 Å². The molecule has 0 bridgehead atoms. The summed E-state index contributed by atoms with van der Waals surface area (Å²) < 4.78 is 0. The Kier molecular flexibility index (Phi) is 4.98. The van der Waals surface area contributed by atoms with E-state index in [2.05, 4.69) is 12.2 Å². The van der Waals surface area contributed by atoms with Crippen LogP contribution in [0.15, 0.2) is 24.3 Å². The highest BCUT2D eigenvalue weighted by Crippen LogP contribution is 2.13. The molecule has 84 valence electrons. The van der Waals surface area contributed by atoms with E-state index in [0.29, 0.717) is 0 Å². The van der Waals surface area contributed by atoms with E-state index < -0.39 is 0 Å². The topological polar surface area (TPSA) is 58.3 Å². The molecule has 0 aliphatic carbocycles. The predicted octanol–water partition coefficient (Wildman–Crippen LogP) is 2.32. The molecule has 0 aliphatic heterocycles. The molecule has 4 N–H and O–H groups in total. The number of phenolic OH excluding ortho intramolecular Hbond substituents is 1. The number of phenols is 1. The number of nitrogens with one attached hydrogen (secondary N) is 1. The van der Waals surface area contributed by atoms with E-state index >= 15 is 0 Å². The van der Waals surface area contributed by atoms with Gasteiger partial charge in [-0.25, -0.2) is 0 Å². The van der Waals surface area contributed by atoms with Crippen LogP contribution in [0.4, 0.5) is 5.69 Å². The number of anilines is 1. The Morgan fingerprint density at radius 3 is 2.60 bits per heavy atom. The summed E-state index contributed by atoms with van der Waals surface area (Å²) in [7, 11) is 0. The summed E-state index contributed by atoms with van der Waals surface area (Å²) in [6.07, 6.45) is 3.42. The van der Waals surface area contributed by atoms with Crippen LogP contribution in [-0.2, 0) is 0 Å². The molecule has 0 aromatic heterocycles. The average molecular weight is 208 g/mol. The molecule has 1 unspecified atom stereocenters. The van der Waals surface area contributed by atoms with Crippen molar-refractivity contribution in [2.75, 3.05) is 11.9 Å². The Bertz CT molecular complexity index is 271. The van der Waals surface area contributed by atoms with Gasteiger partial charge in [-0.3, -0.25) is 0 Å². The van der Waals surface area contributed by atoms with E-state index in [1.807, 2.05) is 12.1 Å². The standard InChI is InChI=1S/C12H20N2O/c1-2-3-4-10(13)9-14-11-5-7-12(15)8-6-11/h5-8,10,14-15H,2-4,9,13H2,1H3. The zero-order valence-electron chi connectivity index (χ0n) is 9.24. The minimum absolute atomic E-state index is 0.207. The first-order valence-electron chi connectivity index (χ1n) is 5.51. The van der Waals surface area contributed by atoms with Crippen LogP contribution in [0, 0.1) is 0 Å². The molecule has 1 aromatic rings. The molecule has 0 fully saturated rings. The molecule has 1 rings (SSSR count). The molecule has 0 aliphatic rings. The number of hydrogen-bond donors (Lipinski definition) is 3. The first-order valence-corrected chi connectivity index (χ1v) is 5.51. The maximum atomic E-state index is 9.10. The second-order valence-electron chi connectivity index (χ2n) is 3.83. The highest BCUT2D eigenvalue weighted by Gasteiger charge is 2.01. The van der Waals surface area contributed by atoms with Crippen LogP contribution in [0.1, 0.15) is 26.2 Å². The second kappa shape index (κ2) is 6.30. The summed E-state index contributed by atoms with van der Waals surface area (Å²) in [5.41, 5.74) is 6.93. The van der Waals surface area contributed by atoms with Crippen molar-refractivity contribution in [2.45, 2.75) is 32.2 Å². The monoisotopic (exact) mass is 208 g/mol. The quantitative estimate of drug-likeness (QED) is 0.629. The minimum Gasteiger partial charge on any atom is -0.508 e. The lowest BCUT2D eigenvalue weighted by molar-refractivity contribution is 0.475. The normalized spacial score (nSPS) is 12.4. The second-order valence-corrected chi connectivity index (χ2v) is 3.83. The third-order valence-corrected chi connectivity index (χ3v) is 2.36. The molecule has 3 nitrogen and oxygen atoms in total. The smallest absolute Gasteiger partial charge is 0.115 e. The Morgan fingerprint density at radius 1 is 1.33 bits per heavy atom. The molecule has 0 saturated carbocycles. The van der Waals surface area contributed by atoms with Crippen molar-refractivity contribution >= 4 is 5.69 Å². The fourth-order valence-corrected chi connectivity index (χ4v) is 1.40. The van der Waals surface area contributed by atoms with E-state index in [1.165, 1.54) is 12.8 Å². The van der Waals surface area contributed by atoms with Gasteiger partial charge in [-0.2, -0.15) is 0 Å². The first-order chi connectivity index (χ1) is 7.22. The van der Waals surface area contributed by atoms with Crippen LogP contribution >= 0.6 is 0 Å². The van der Waals surface area contributed by atoms with Crippen LogP contribution in [-0.4, -0.2) is 17.7 Å². The average Bonchev–Trinajstić information content (AvgIpc) is 2.25. The predicted molar refractivity (Wildman–Crippen MR) is 64.1 cm³/mol. The summed E-state index contributed by atoms with van der Waals surface area (Å²) in [6, 6.07) is 7.24. The van der Waals surface area contributed by atoms with Crippen LogP contribution in [0.3, 0.4) is 0 Å². The van der Waals surface area contributed by atoms with E-state index in [1.54, 1.807) is 12.1 Å². The van der Waals surface area contributed by atoms with Gasteiger partial charge in [0.2, 0.25) is 0 Å². The highest BCUT2D eigenvalue weighted by atomic mass is 16.3. The van der Waals surface area contributed by atoms with Gasteiger partial charge in [-0.15, -0.1) is 0 Å². The van der Waals surface area contributed by atoms with Gasteiger partial charge in [0.15, 0.2) is 0 Å². The fraction of sp³-hybridized carbons (Fsp3) is 0.500. The number of nitrogens with two attached hydrogens (primary N) is 1. The lowest BCUT2D eigenvalue weighted by Gasteiger charge is -2.13. The molecular formula is C12H20N2O. The van der Waals surface area contributed by atoms with Gasteiger partial charge in [-0.1, -0.05) is 19.8 Å². The first kappa shape index (κ1) is 11.9. The zero-order chi connectivity index (χ0) is 11.1. The summed E-state index contributed by atoms with van der Waals surface area (Å²) >= 11 is 0. The van der Waals surface area contributed by atoms with Crippen LogP contribution in [0.25, 0.3) is 0 Å². The van der Waals surface area contributed by atoms with E-state index in [0.717, 1.165) is 18.7 Å². The summed E-state index contributed by atoms with van der Waals surface area (Å²) in [4.78, 5) is 0. The van der Waals surface area contributed by atoms with Crippen LogP contribution < -0.4 is 11.1 Å². The summed E-state index contributed by atoms with van der Waals surface area (Å²) in [6.45, 7) is 2.95. The van der Waals surface area contributed by atoms with Crippen molar-refractivity contribution in [3.63, 3.8) is 0 Å². The number of rotatable bonds is 6. The SMILES string of the molecule is CCCCC(N)CNc1ccc(O)cc1. The van der Waals surface area contributed by atoms with Crippen molar-refractivity contribution in [3.8, 4) is 5.75 Å². The van der Waals surface area contributed by atoms with Crippen molar-refractivity contribution in [1.29, 1.82) is 0 Å². The summed E-state index contributed by atoms with van der Waals surface area (Å²) in [5, 5.41) is 12.3. The maximum Gasteiger partial charge on any atom is 0.115 e. The Labute approximate surface area is 91.3 Å². The lowest BCUT2D eigenvalue weighted by atomic mass is 10.1. The lowest BCUT2D eigenvalue weighted by Crippen LogP contribution is -2.28. The van der Waals surface area contributed by atoms with Gasteiger partial charge in [0.25, 0.3) is 0 Å². The molecule has 3 heteroatoms. The fourth-order valence-electron chi connectivity index (χ4n) is 1.40.